The minimum atomic E-state index is 0.604. The van der Waals surface area contributed by atoms with E-state index in [1.54, 1.807) is 30.6 Å². The molecule has 0 radical (unpaired) electrons. The predicted octanol–water partition coefficient (Wildman–Crippen LogP) is -0.101. The maximum atomic E-state index is 5.14. The fourth-order valence-electron chi connectivity index (χ4n) is 2.40. The molecule has 0 aliphatic carbocycles. The zero-order valence-corrected chi connectivity index (χ0v) is 12.1. The zero-order chi connectivity index (χ0) is 14.5. The van der Waals surface area contributed by atoms with Crippen LogP contribution in [0.1, 0.15) is 0 Å². The minimum absolute atomic E-state index is 0.604. The molecule has 0 aromatic carbocycles. The molecular formula is C13H19N7O. The largest absolute Gasteiger partial charge is 0.481 e. The molecule has 0 atom stereocenters. The van der Waals surface area contributed by atoms with E-state index >= 15 is 0 Å². The van der Waals surface area contributed by atoms with E-state index in [9.17, 15) is 0 Å². The van der Waals surface area contributed by atoms with Crippen molar-refractivity contribution >= 4 is 5.82 Å². The molecule has 2 aromatic rings. The average molecular weight is 289 g/mol. The SMILES string of the molecule is COc1cc(N2CCN(CCn3nccn3)CC2)ncn1. The molecule has 3 rings (SSSR count). The van der Waals surface area contributed by atoms with Crippen LogP contribution < -0.4 is 9.64 Å². The second kappa shape index (κ2) is 6.49. The Balaban J connectivity index is 1.50. The summed E-state index contributed by atoms with van der Waals surface area (Å²) in [4.78, 5) is 14.7. The number of methoxy groups -OCH3 is 1. The van der Waals surface area contributed by atoms with Crippen molar-refractivity contribution in [1.82, 2.24) is 29.9 Å². The van der Waals surface area contributed by atoms with Gasteiger partial charge in [-0.2, -0.15) is 15.0 Å². The highest BCUT2D eigenvalue weighted by Gasteiger charge is 2.18. The van der Waals surface area contributed by atoms with Gasteiger partial charge in [-0.05, 0) is 0 Å². The third kappa shape index (κ3) is 3.46. The Labute approximate surface area is 123 Å². The van der Waals surface area contributed by atoms with Crippen LogP contribution in [0.25, 0.3) is 0 Å². The van der Waals surface area contributed by atoms with E-state index in [4.69, 9.17) is 4.74 Å². The first kappa shape index (κ1) is 13.7. The van der Waals surface area contributed by atoms with E-state index in [-0.39, 0.29) is 0 Å². The van der Waals surface area contributed by atoms with Crippen molar-refractivity contribution in [2.75, 3.05) is 44.7 Å². The van der Waals surface area contributed by atoms with Crippen molar-refractivity contribution in [3.05, 3.63) is 24.8 Å². The Bertz CT molecular complexity index is 551. The quantitative estimate of drug-likeness (QED) is 0.761. The molecule has 0 spiro atoms. The summed E-state index contributed by atoms with van der Waals surface area (Å²) in [7, 11) is 1.62. The second-order valence-electron chi connectivity index (χ2n) is 4.87. The van der Waals surface area contributed by atoms with Crippen LogP contribution in [0.5, 0.6) is 5.88 Å². The molecule has 8 heteroatoms. The number of hydrogen-bond donors (Lipinski definition) is 0. The molecule has 3 heterocycles. The van der Waals surface area contributed by atoms with E-state index in [1.165, 1.54) is 0 Å². The van der Waals surface area contributed by atoms with Gasteiger partial charge in [-0.25, -0.2) is 9.97 Å². The van der Waals surface area contributed by atoms with Gasteiger partial charge in [0.05, 0.1) is 26.0 Å². The van der Waals surface area contributed by atoms with Crippen molar-refractivity contribution in [2.24, 2.45) is 0 Å². The van der Waals surface area contributed by atoms with Crippen molar-refractivity contribution < 1.29 is 4.74 Å². The molecule has 112 valence electrons. The van der Waals surface area contributed by atoms with E-state index < -0.39 is 0 Å². The zero-order valence-electron chi connectivity index (χ0n) is 12.1. The van der Waals surface area contributed by atoms with Gasteiger partial charge in [0.15, 0.2) is 0 Å². The fourth-order valence-corrected chi connectivity index (χ4v) is 2.40. The maximum absolute atomic E-state index is 5.14. The Hall–Kier alpha value is -2.22. The standard InChI is InChI=1S/C13H19N7O/c1-21-13-10-12(14-11-15-13)19-7-4-18(5-8-19)6-9-20-16-2-3-17-20/h2-3,10-11H,4-9H2,1H3. The molecule has 0 N–H and O–H groups in total. The molecule has 1 fully saturated rings. The van der Waals surface area contributed by atoms with Crippen LogP contribution in [-0.2, 0) is 6.54 Å². The van der Waals surface area contributed by atoms with Crippen LogP contribution >= 0.6 is 0 Å². The third-order valence-electron chi connectivity index (χ3n) is 3.62. The van der Waals surface area contributed by atoms with E-state index in [1.807, 2.05) is 6.07 Å². The smallest absolute Gasteiger partial charge is 0.218 e. The lowest BCUT2D eigenvalue weighted by Gasteiger charge is -2.35. The van der Waals surface area contributed by atoms with Gasteiger partial charge in [-0.1, -0.05) is 0 Å². The molecule has 1 aliphatic rings. The van der Waals surface area contributed by atoms with Crippen LogP contribution in [0, 0.1) is 0 Å². The summed E-state index contributed by atoms with van der Waals surface area (Å²) in [5, 5.41) is 8.24. The van der Waals surface area contributed by atoms with Gasteiger partial charge in [0, 0.05) is 38.8 Å². The van der Waals surface area contributed by atoms with Gasteiger partial charge in [0.25, 0.3) is 0 Å². The van der Waals surface area contributed by atoms with Crippen LogP contribution in [0.15, 0.2) is 24.8 Å². The summed E-state index contributed by atoms with van der Waals surface area (Å²) in [6.45, 7) is 5.71. The van der Waals surface area contributed by atoms with E-state index in [2.05, 4.69) is 30.0 Å². The van der Waals surface area contributed by atoms with Crippen LogP contribution in [0.2, 0.25) is 0 Å². The lowest BCUT2D eigenvalue weighted by molar-refractivity contribution is 0.239. The highest BCUT2D eigenvalue weighted by atomic mass is 16.5. The van der Waals surface area contributed by atoms with Crippen molar-refractivity contribution in [2.45, 2.75) is 6.54 Å². The number of hydrogen-bond acceptors (Lipinski definition) is 7. The summed E-state index contributed by atoms with van der Waals surface area (Å²) in [6, 6.07) is 1.88. The number of ether oxygens (including phenoxy) is 1. The number of piperazine rings is 1. The molecular weight excluding hydrogens is 270 g/mol. The van der Waals surface area contributed by atoms with Crippen LogP contribution in [0.4, 0.5) is 5.82 Å². The number of rotatable bonds is 5. The normalized spacial score (nSPS) is 16.1. The Morgan fingerprint density at radius 1 is 1.05 bits per heavy atom. The summed E-state index contributed by atoms with van der Waals surface area (Å²) >= 11 is 0. The fraction of sp³-hybridized carbons (Fsp3) is 0.538. The first-order chi connectivity index (χ1) is 10.3. The average Bonchev–Trinajstić information content (AvgIpc) is 3.07. The summed E-state index contributed by atoms with van der Waals surface area (Å²) in [5.74, 6) is 1.53. The predicted molar refractivity (Wildman–Crippen MR) is 77.3 cm³/mol. The van der Waals surface area contributed by atoms with Gasteiger partial charge < -0.3 is 9.64 Å². The number of aromatic nitrogens is 5. The van der Waals surface area contributed by atoms with Crippen LogP contribution in [-0.4, -0.2) is 69.7 Å². The summed E-state index contributed by atoms with van der Waals surface area (Å²) in [5.41, 5.74) is 0. The van der Waals surface area contributed by atoms with Gasteiger partial charge in [0.1, 0.15) is 12.1 Å². The summed E-state index contributed by atoms with van der Waals surface area (Å²) < 4.78 is 5.14. The molecule has 2 aromatic heterocycles. The van der Waals surface area contributed by atoms with Crippen molar-refractivity contribution in [1.29, 1.82) is 0 Å². The molecule has 0 amide bonds. The first-order valence-electron chi connectivity index (χ1n) is 7.02. The van der Waals surface area contributed by atoms with E-state index in [0.29, 0.717) is 5.88 Å². The Morgan fingerprint density at radius 3 is 2.52 bits per heavy atom. The van der Waals surface area contributed by atoms with Crippen molar-refractivity contribution in [3.63, 3.8) is 0 Å². The molecule has 1 aliphatic heterocycles. The number of anilines is 1. The van der Waals surface area contributed by atoms with Gasteiger partial charge in [-0.3, -0.25) is 4.90 Å². The maximum Gasteiger partial charge on any atom is 0.218 e. The number of nitrogens with zero attached hydrogens (tertiary/aromatic N) is 7. The van der Waals surface area contributed by atoms with Crippen LogP contribution in [0.3, 0.4) is 0 Å². The molecule has 0 saturated carbocycles. The lowest BCUT2D eigenvalue weighted by atomic mass is 10.3. The lowest BCUT2D eigenvalue weighted by Crippen LogP contribution is -2.47. The third-order valence-corrected chi connectivity index (χ3v) is 3.62. The van der Waals surface area contributed by atoms with Crippen molar-refractivity contribution in [3.8, 4) is 5.88 Å². The Morgan fingerprint density at radius 2 is 1.81 bits per heavy atom. The molecule has 1 saturated heterocycles. The molecule has 0 bridgehead atoms. The molecule has 21 heavy (non-hydrogen) atoms. The second-order valence-corrected chi connectivity index (χ2v) is 4.87. The van der Waals surface area contributed by atoms with Gasteiger partial charge >= 0.3 is 0 Å². The Kier molecular flexibility index (Phi) is 4.25. The van der Waals surface area contributed by atoms with E-state index in [0.717, 1.165) is 45.1 Å². The molecule has 0 unspecified atom stereocenters. The van der Waals surface area contributed by atoms with Gasteiger partial charge in [0.2, 0.25) is 5.88 Å². The highest BCUT2D eigenvalue weighted by molar-refractivity contribution is 5.41. The topological polar surface area (TPSA) is 72.2 Å². The summed E-state index contributed by atoms with van der Waals surface area (Å²) in [6.07, 6.45) is 4.96. The first-order valence-corrected chi connectivity index (χ1v) is 7.02. The highest BCUT2D eigenvalue weighted by Crippen LogP contribution is 2.17. The molecule has 8 nitrogen and oxygen atoms in total. The minimum Gasteiger partial charge on any atom is -0.481 e. The monoisotopic (exact) mass is 289 g/mol. The van der Waals surface area contributed by atoms with Gasteiger partial charge in [-0.15, -0.1) is 0 Å².